The first-order valence-corrected chi connectivity index (χ1v) is 12.2. The summed E-state index contributed by atoms with van der Waals surface area (Å²) in [4.78, 5) is 17.1. The van der Waals surface area contributed by atoms with Crippen LogP contribution in [0.15, 0.2) is 40.8 Å². The lowest BCUT2D eigenvalue weighted by atomic mass is 10.1. The van der Waals surface area contributed by atoms with Crippen LogP contribution in [-0.2, 0) is 16.4 Å². The molecule has 0 bridgehead atoms. The van der Waals surface area contributed by atoms with Crippen LogP contribution in [0.25, 0.3) is 0 Å². The van der Waals surface area contributed by atoms with E-state index >= 15 is 0 Å². The first-order chi connectivity index (χ1) is 13.9. The average Bonchev–Trinajstić information content (AvgIpc) is 3.32. The zero-order chi connectivity index (χ0) is 20.4. The number of furan rings is 1. The quantitative estimate of drug-likeness (QED) is 0.713. The molecule has 156 valence electrons. The molecule has 1 amide bonds. The predicted molar refractivity (Wildman–Crippen MR) is 113 cm³/mol. The summed E-state index contributed by atoms with van der Waals surface area (Å²) in [7, 11) is -3.13. The van der Waals surface area contributed by atoms with Crippen molar-refractivity contribution < 1.29 is 17.6 Å². The first kappa shape index (κ1) is 20.3. The van der Waals surface area contributed by atoms with E-state index < -0.39 is 9.84 Å². The van der Waals surface area contributed by atoms with Crippen LogP contribution in [0.5, 0.6) is 0 Å². The van der Waals surface area contributed by atoms with Gasteiger partial charge in [0.05, 0.1) is 18.1 Å². The Morgan fingerprint density at radius 1 is 1.17 bits per heavy atom. The Labute approximate surface area is 176 Å². The number of benzene rings is 1. The lowest BCUT2D eigenvalue weighted by Crippen LogP contribution is -2.40. The summed E-state index contributed by atoms with van der Waals surface area (Å²) in [5, 5.41) is 0.472. The fourth-order valence-corrected chi connectivity index (χ4v) is 6.00. The number of piperidine rings is 1. The normalized spacial score (nSPS) is 21.3. The van der Waals surface area contributed by atoms with Crippen LogP contribution < -0.4 is 4.90 Å². The molecule has 0 radical (unpaired) electrons. The molecule has 6 nitrogen and oxygen atoms in total. The topological polar surface area (TPSA) is 70.8 Å². The molecule has 1 unspecified atom stereocenters. The van der Waals surface area contributed by atoms with Crippen molar-refractivity contribution in [2.24, 2.45) is 0 Å². The Hall–Kier alpha value is -1.99. The molecule has 2 aromatic rings. The fourth-order valence-electron chi connectivity index (χ4n) is 4.08. The standard InChI is InChI=1S/C21H25ClN2O4S/c22-17-6-4-5-16(13-17)21(25)24(18-9-12-29(26,27)15-18)14-19-7-8-20(28-19)23-10-2-1-3-11-23/h4-8,13,18H,1-3,9-12,14-15H2. The minimum atomic E-state index is -3.13. The Bertz CT molecular complexity index is 982. The number of carbonyl (C=O) groups is 1. The van der Waals surface area contributed by atoms with Gasteiger partial charge in [-0.1, -0.05) is 17.7 Å². The number of amides is 1. The number of anilines is 1. The van der Waals surface area contributed by atoms with E-state index in [0.29, 0.717) is 22.8 Å². The minimum absolute atomic E-state index is 0.0149. The number of halogens is 1. The maximum Gasteiger partial charge on any atom is 0.254 e. The summed E-state index contributed by atoms with van der Waals surface area (Å²) in [6.45, 7) is 2.18. The van der Waals surface area contributed by atoms with E-state index in [2.05, 4.69) is 4.90 Å². The van der Waals surface area contributed by atoms with Crippen molar-refractivity contribution in [1.82, 2.24) is 4.90 Å². The summed E-state index contributed by atoms with van der Waals surface area (Å²) in [6.07, 6.45) is 3.97. The lowest BCUT2D eigenvalue weighted by Gasteiger charge is -2.28. The van der Waals surface area contributed by atoms with E-state index in [9.17, 15) is 13.2 Å². The first-order valence-electron chi connectivity index (χ1n) is 10.0. The molecule has 0 saturated carbocycles. The van der Waals surface area contributed by atoms with Crippen molar-refractivity contribution in [1.29, 1.82) is 0 Å². The molecule has 29 heavy (non-hydrogen) atoms. The number of rotatable bonds is 5. The molecule has 0 N–H and O–H groups in total. The van der Waals surface area contributed by atoms with Gasteiger partial charge in [-0.2, -0.15) is 0 Å². The van der Waals surface area contributed by atoms with Gasteiger partial charge < -0.3 is 14.2 Å². The molecule has 3 heterocycles. The van der Waals surface area contributed by atoms with Crippen LogP contribution in [0.1, 0.15) is 41.8 Å². The van der Waals surface area contributed by atoms with Crippen LogP contribution >= 0.6 is 11.6 Å². The Kier molecular flexibility index (Phi) is 5.88. The van der Waals surface area contributed by atoms with Crippen molar-refractivity contribution in [2.45, 2.75) is 38.3 Å². The van der Waals surface area contributed by atoms with Crippen LogP contribution in [0.3, 0.4) is 0 Å². The largest absolute Gasteiger partial charge is 0.444 e. The van der Waals surface area contributed by atoms with E-state index in [0.717, 1.165) is 31.8 Å². The van der Waals surface area contributed by atoms with Gasteiger partial charge in [0.15, 0.2) is 15.7 Å². The summed E-state index contributed by atoms with van der Waals surface area (Å²) in [5.74, 6) is 1.33. The molecule has 1 atom stereocenters. The summed E-state index contributed by atoms with van der Waals surface area (Å²) in [6, 6.07) is 10.2. The fraction of sp³-hybridized carbons (Fsp3) is 0.476. The molecule has 2 aliphatic heterocycles. The van der Waals surface area contributed by atoms with Gasteiger partial charge in [-0.3, -0.25) is 4.79 Å². The van der Waals surface area contributed by atoms with E-state index in [1.165, 1.54) is 6.42 Å². The molecular weight excluding hydrogens is 412 g/mol. The second-order valence-electron chi connectivity index (χ2n) is 7.79. The second-order valence-corrected chi connectivity index (χ2v) is 10.5. The summed E-state index contributed by atoms with van der Waals surface area (Å²) in [5.41, 5.74) is 0.449. The predicted octanol–water partition coefficient (Wildman–Crippen LogP) is 3.75. The van der Waals surface area contributed by atoms with E-state index in [1.54, 1.807) is 29.2 Å². The highest BCUT2D eigenvalue weighted by Crippen LogP contribution is 2.27. The highest BCUT2D eigenvalue weighted by atomic mass is 35.5. The molecule has 0 spiro atoms. The molecule has 1 aromatic carbocycles. The van der Waals surface area contributed by atoms with Crippen LogP contribution in [0.4, 0.5) is 5.88 Å². The summed E-state index contributed by atoms with van der Waals surface area (Å²) >= 11 is 6.06. The van der Waals surface area contributed by atoms with Crippen LogP contribution in [0, 0.1) is 0 Å². The maximum atomic E-state index is 13.2. The average molecular weight is 437 g/mol. The molecule has 0 aliphatic carbocycles. The zero-order valence-corrected chi connectivity index (χ0v) is 17.8. The maximum absolute atomic E-state index is 13.2. The third-order valence-corrected chi connectivity index (χ3v) is 7.61. The molecule has 2 saturated heterocycles. The van der Waals surface area contributed by atoms with Crippen LogP contribution in [0.2, 0.25) is 5.02 Å². The number of carbonyl (C=O) groups excluding carboxylic acids is 1. The lowest BCUT2D eigenvalue weighted by molar-refractivity contribution is 0.0666. The van der Waals surface area contributed by atoms with Gasteiger partial charge in [0, 0.05) is 35.8 Å². The summed E-state index contributed by atoms with van der Waals surface area (Å²) < 4.78 is 30.1. The molecule has 2 aliphatic rings. The third kappa shape index (κ3) is 4.78. The van der Waals surface area contributed by atoms with Crippen molar-refractivity contribution in [3.05, 3.63) is 52.7 Å². The number of nitrogens with zero attached hydrogens (tertiary/aromatic N) is 2. The SMILES string of the molecule is O=C(c1cccc(Cl)c1)N(Cc1ccc(N2CCCCC2)o1)C1CCS(=O)(=O)C1. The molecule has 2 fully saturated rings. The van der Waals surface area contributed by atoms with Gasteiger partial charge in [0.1, 0.15) is 5.76 Å². The molecule has 4 rings (SSSR count). The van der Waals surface area contributed by atoms with Gasteiger partial charge >= 0.3 is 0 Å². The number of sulfone groups is 1. The van der Waals surface area contributed by atoms with Gasteiger partial charge in [0.2, 0.25) is 0 Å². The smallest absolute Gasteiger partial charge is 0.254 e. The number of hydrogen-bond donors (Lipinski definition) is 0. The van der Waals surface area contributed by atoms with Crippen molar-refractivity contribution in [2.75, 3.05) is 29.5 Å². The van der Waals surface area contributed by atoms with Crippen molar-refractivity contribution in [3.8, 4) is 0 Å². The van der Waals surface area contributed by atoms with Gasteiger partial charge in [-0.05, 0) is 49.9 Å². The van der Waals surface area contributed by atoms with E-state index in [4.69, 9.17) is 16.0 Å². The zero-order valence-electron chi connectivity index (χ0n) is 16.2. The minimum Gasteiger partial charge on any atom is -0.444 e. The molecule has 1 aromatic heterocycles. The molecular formula is C21H25ClN2O4S. The second kappa shape index (κ2) is 8.40. The third-order valence-electron chi connectivity index (χ3n) is 5.62. The van der Waals surface area contributed by atoms with Gasteiger partial charge in [0.25, 0.3) is 5.91 Å². The van der Waals surface area contributed by atoms with Gasteiger partial charge in [-0.15, -0.1) is 0 Å². The van der Waals surface area contributed by atoms with E-state index in [-0.39, 0.29) is 30.0 Å². The Balaban J connectivity index is 1.57. The van der Waals surface area contributed by atoms with Crippen molar-refractivity contribution >= 4 is 33.2 Å². The van der Waals surface area contributed by atoms with Gasteiger partial charge in [-0.25, -0.2) is 8.42 Å². The monoisotopic (exact) mass is 436 g/mol. The molecule has 8 heteroatoms. The number of hydrogen-bond acceptors (Lipinski definition) is 5. The van der Waals surface area contributed by atoms with Crippen molar-refractivity contribution in [3.63, 3.8) is 0 Å². The highest BCUT2D eigenvalue weighted by molar-refractivity contribution is 7.91. The highest BCUT2D eigenvalue weighted by Gasteiger charge is 2.35. The van der Waals surface area contributed by atoms with Crippen LogP contribution in [-0.4, -0.2) is 49.9 Å². The Morgan fingerprint density at radius 2 is 1.97 bits per heavy atom. The Morgan fingerprint density at radius 3 is 2.66 bits per heavy atom. The van der Waals surface area contributed by atoms with E-state index in [1.807, 2.05) is 12.1 Å².